The van der Waals surface area contributed by atoms with Crippen molar-refractivity contribution in [3.05, 3.63) is 0 Å². The number of carbonyl (C=O) groups excluding carboxylic acids is 1. The van der Waals surface area contributed by atoms with Gasteiger partial charge in [0.2, 0.25) is 0 Å². The zero-order valence-corrected chi connectivity index (χ0v) is 9.42. The largest absolute Gasteiger partial charge is 0.709 e. The van der Waals surface area contributed by atoms with Gasteiger partial charge in [-0.15, -0.1) is 0 Å². The highest BCUT2D eigenvalue weighted by atomic mass is 16.6. The number of carbonyl (C=O) groups is 4. The maximum absolute atomic E-state index is 11.0. The van der Waals surface area contributed by atoms with Crippen LogP contribution in [0.4, 0.5) is 0 Å². The third kappa shape index (κ3) is 6.38. The Kier molecular flexibility index (Phi) is 6.51. The topological polar surface area (TPSA) is 179 Å². The first-order valence-electron chi connectivity index (χ1n) is 4.88. The highest BCUT2D eigenvalue weighted by molar-refractivity contribution is 6.35. The van der Waals surface area contributed by atoms with E-state index in [0.717, 1.165) is 0 Å². The van der Waals surface area contributed by atoms with Crippen LogP contribution < -0.4 is 0 Å². The number of carboxylic acid groups (broad SMARTS) is 3. The van der Waals surface area contributed by atoms with Crippen LogP contribution in [0.5, 0.6) is 0 Å². The van der Waals surface area contributed by atoms with Crippen molar-refractivity contribution >= 4 is 31.2 Å². The summed E-state index contributed by atoms with van der Waals surface area (Å²) >= 11 is 0. The predicted octanol–water partition coefficient (Wildman–Crippen LogP) is -2.23. The molecule has 0 aromatic heterocycles. The van der Waals surface area contributed by atoms with Gasteiger partial charge in [0, 0.05) is 0 Å². The van der Waals surface area contributed by atoms with Gasteiger partial charge in [-0.25, -0.2) is 0 Å². The molecule has 11 heteroatoms. The highest BCUT2D eigenvalue weighted by Crippen LogP contribution is 2.21. The van der Waals surface area contributed by atoms with Crippen molar-refractivity contribution in [2.75, 3.05) is 0 Å². The molecule has 0 rings (SSSR count). The van der Waals surface area contributed by atoms with Crippen LogP contribution >= 0.6 is 0 Å². The Morgan fingerprint density at radius 1 is 0.895 bits per heavy atom. The molecule has 0 aromatic carbocycles. The molecule has 0 aliphatic carbocycles. The average Bonchev–Trinajstić information content (AvgIpc) is 2.20. The number of carboxylic acids is 3. The van der Waals surface area contributed by atoms with Crippen molar-refractivity contribution < 1.29 is 49.2 Å². The van der Waals surface area contributed by atoms with Gasteiger partial charge in [0.1, 0.15) is 0 Å². The molecule has 0 aliphatic rings. The predicted molar refractivity (Wildman–Crippen MR) is 55.4 cm³/mol. The van der Waals surface area contributed by atoms with Gasteiger partial charge in [0.05, 0.1) is 24.7 Å². The zero-order valence-electron chi connectivity index (χ0n) is 9.42. The fourth-order valence-electron chi connectivity index (χ4n) is 1.34. The van der Waals surface area contributed by atoms with E-state index in [9.17, 15) is 19.2 Å². The van der Waals surface area contributed by atoms with Crippen LogP contribution in [0.25, 0.3) is 0 Å². The molecule has 0 spiro atoms. The van der Waals surface area contributed by atoms with Gasteiger partial charge < -0.3 is 30.0 Å². The number of aliphatic carboxylic acids is 3. The third-order valence-electron chi connectivity index (χ3n) is 2.14. The Morgan fingerprint density at radius 3 is 1.63 bits per heavy atom. The van der Waals surface area contributed by atoms with Crippen molar-refractivity contribution in [1.29, 1.82) is 0 Å². The molecule has 0 saturated carbocycles. The van der Waals surface area contributed by atoms with Crippen molar-refractivity contribution in [2.45, 2.75) is 12.8 Å². The van der Waals surface area contributed by atoms with Crippen LogP contribution in [0.15, 0.2) is 0 Å². The van der Waals surface area contributed by atoms with E-state index in [2.05, 4.69) is 4.65 Å². The van der Waals surface area contributed by atoms with Crippen LogP contribution in [-0.2, 0) is 23.8 Å². The quantitative estimate of drug-likeness (QED) is 0.305. The molecule has 0 aliphatic heterocycles. The molecule has 19 heavy (non-hydrogen) atoms. The first-order valence-corrected chi connectivity index (χ1v) is 4.88. The third-order valence-corrected chi connectivity index (χ3v) is 2.14. The monoisotopic (exact) mass is 278 g/mol. The maximum atomic E-state index is 11.0. The van der Waals surface area contributed by atoms with Gasteiger partial charge in [-0.2, -0.15) is 0 Å². The second-order valence-electron chi connectivity index (χ2n) is 3.51. The summed E-state index contributed by atoms with van der Waals surface area (Å²) in [5.41, 5.74) is 0. The summed E-state index contributed by atoms with van der Waals surface area (Å²) in [4.78, 5) is 43.2. The minimum Gasteiger partial charge on any atom is -0.485 e. The second-order valence-corrected chi connectivity index (χ2v) is 3.51. The molecular weight excluding hydrogens is 267 g/mol. The number of rotatable bonds is 8. The van der Waals surface area contributed by atoms with Gasteiger partial charge in [-0.3, -0.25) is 19.2 Å². The lowest BCUT2D eigenvalue weighted by Gasteiger charge is -2.18. The van der Waals surface area contributed by atoms with Crippen LogP contribution in [0.2, 0.25) is 0 Å². The summed E-state index contributed by atoms with van der Waals surface area (Å²) < 4.78 is 3.83. The molecule has 2 atom stereocenters. The van der Waals surface area contributed by atoms with Gasteiger partial charge in [-0.05, 0) is 0 Å². The highest BCUT2D eigenvalue weighted by Gasteiger charge is 2.38. The van der Waals surface area contributed by atoms with Crippen molar-refractivity contribution in [3.63, 3.8) is 0 Å². The normalized spacial score (nSPS) is 13.2. The number of hydrogen-bond donors (Lipinski definition) is 5. The Balaban J connectivity index is 4.95. The van der Waals surface area contributed by atoms with E-state index < -0.39 is 55.9 Å². The smallest absolute Gasteiger partial charge is 0.485 e. The average molecular weight is 278 g/mol. The summed E-state index contributed by atoms with van der Waals surface area (Å²) in [6.45, 7) is 0. The van der Waals surface area contributed by atoms with Gasteiger partial charge in [-0.1, -0.05) is 0 Å². The van der Waals surface area contributed by atoms with E-state index in [1.165, 1.54) is 0 Å². The Morgan fingerprint density at radius 2 is 1.32 bits per heavy atom. The van der Waals surface area contributed by atoms with E-state index in [4.69, 9.17) is 25.4 Å². The summed E-state index contributed by atoms with van der Waals surface area (Å²) in [6, 6.07) is 0. The van der Waals surface area contributed by atoms with Crippen LogP contribution in [0, 0.1) is 11.8 Å². The summed E-state index contributed by atoms with van der Waals surface area (Å²) in [6.07, 6.45) is -2.00. The first-order chi connectivity index (χ1) is 8.65. The van der Waals surface area contributed by atoms with Crippen molar-refractivity contribution in [3.8, 4) is 0 Å². The molecule has 10 nitrogen and oxygen atoms in total. The minimum atomic E-state index is -2.47. The Hall–Kier alpha value is -2.14. The zero-order chi connectivity index (χ0) is 15.2. The van der Waals surface area contributed by atoms with Crippen molar-refractivity contribution in [2.24, 2.45) is 11.8 Å². The Labute approximate surface area is 106 Å². The summed E-state index contributed by atoms with van der Waals surface area (Å²) in [7, 11) is -2.47. The molecule has 0 amide bonds. The fraction of sp³-hybridized carbons (Fsp3) is 0.500. The molecule has 0 aromatic rings. The maximum Gasteiger partial charge on any atom is 0.709 e. The lowest BCUT2D eigenvalue weighted by Crippen LogP contribution is -2.35. The molecule has 2 unspecified atom stereocenters. The lowest BCUT2D eigenvalue weighted by molar-refractivity contribution is -0.159. The molecule has 0 bridgehead atoms. The lowest BCUT2D eigenvalue weighted by atomic mass is 9.87. The molecule has 106 valence electrons. The van der Waals surface area contributed by atoms with E-state index in [0.29, 0.717) is 0 Å². The van der Waals surface area contributed by atoms with E-state index >= 15 is 0 Å². The molecule has 0 saturated heterocycles. The Bertz CT molecular complexity index is 378. The minimum absolute atomic E-state index is 0.999. The van der Waals surface area contributed by atoms with Crippen LogP contribution in [0.3, 0.4) is 0 Å². The molecule has 0 radical (unpaired) electrons. The number of hydrogen-bond acceptors (Lipinski definition) is 7. The summed E-state index contributed by atoms with van der Waals surface area (Å²) in [5, 5.41) is 42.7. The van der Waals surface area contributed by atoms with E-state index in [1.807, 2.05) is 0 Å². The van der Waals surface area contributed by atoms with Gasteiger partial charge in [0.15, 0.2) is 0 Å². The first kappa shape index (κ1) is 16.9. The SMILES string of the molecule is O=C(O)CC(C(=O)O)C(CC(=O)OB(O)O)C(=O)O. The molecule has 0 heterocycles. The van der Waals surface area contributed by atoms with Gasteiger partial charge in [0.25, 0.3) is 5.97 Å². The van der Waals surface area contributed by atoms with Crippen LogP contribution in [-0.4, -0.2) is 56.6 Å². The standard InChI is InChI=1S/C8H11BO10/c10-5(11)1-3(7(13)14)4(8(15)16)2-6(12)19-9(17)18/h3-4,17-18H,1-2H2,(H,10,11)(H,13,14)(H,15,16). The van der Waals surface area contributed by atoms with E-state index in [-0.39, 0.29) is 0 Å². The molecule has 0 fully saturated rings. The van der Waals surface area contributed by atoms with E-state index in [1.54, 1.807) is 0 Å². The molecule has 5 N–H and O–H groups in total. The van der Waals surface area contributed by atoms with Crippen LogP contribution in [0.1, 0.15) is 12.8 Å². The molecular formula is C8H11BO10. The van der Waals surface area contributed by atoms with Crippen molar-refractivity contribution in [1.82, 2.24) is 0 Å². The summed E-state index contributed by atoms with van der Waals surface area (Å²) in [5.74, 6) is -10.0. The second kappa shape index (κ2) is 7.33. The fourth-order valence-corrected chi connectivity index (χ4v) is 1.34. The van der Waals surface area contributed by atoms with Gasteiger partial charge >= 0.3 is 25.2 Å².